The average molecular weight is 340 g/mol. The molecule has 0 spiro atoms. The summed E-state index contributed by atoms with van der Waals surface area (Å²) < 4.78 is 5.15. The molecular weight excluding hydrogens is 316 g/mol. The van der Waals surface area contributed by atoms with Crippen LogP contribution >= 0.6 is 0 Å². The Morgan fingerprint density at radius 2 is 1.88 bits per heavy atom. The predicted octanol–water partition coefficient (Wildman–Crippen LogP) is 2.54. The van der Waals surface area contributed by atoms with Gasteiger partial charge in [-0.2, -0.15) is 0 Å². The summed E-state index contributed by atoms with van der Waals surface area (Å²) in [7, 11) is 1.62. The number of nitrogens with one attached hydrogen (secondary N) is 1. The Bertz CT molecular complexity index is 740. The van der Waals surface area contributed by atoms with Gasteiger partial charge in [0.2, 0.25) is 5.88 Å². The summed E-state index contributed by atoms with van der Waals surface area (Å²) >= 11 is 0. The van der Waals surface area contributed by atoms with E-state index >= 15 is 0 Å². The van der Waals surface area contributed by atoms with Gasteiger partial charge in [-0.1, -0.05) is 0 Å². The SMILES string of the molecule is COc1cc(NC2CCN(c3cc(C)nc(C4CC4)n3)CC2)ncn1. The molecule has 2 fully saturated rings. The second-order valence-corrected chi connectivity index (χ2v) is 6.85. The van der Waals surface area contributed by atoms with E-state index in [0.29, 0.717) is 17.8 Å². The summed E-state index contributed by atoms with van der Waals surface area (Å²) in [6.45, 7) is 4.04. The first-order valence-corrected chi connectivity index (χ1v) is 8.94. The van der Waals surface area contributed by atoms with Crippen LogP contribution in [0.3, 0.4) is 0 Å². The van der Waals surface area contributed by atoms with E-state index in [1.54, 1.807) is 7.11 Å². The predicted molar refractivity (Wildman–Crippen MR) is 96.2 cm³/mol. The van der Waals surface area contributed by atoms with Crippen LogP contribution in [-0.4, -0.2) is 46.2 Å². The van der Waals surface area contributed by atoms with Crippen LogP contribution in [-0.2, 0) is 0 Å². The lowest BCUT2D eigenvalue weighted by molar-refractivity contribution is 0.397. The number of nitrogens with zero attached hydrogens (tertiary/aromatic N) is 5. The fourth-order valence-electron chi connectivity index (χ4n) is 3.25. The smallest absolute Gasteiger partial charge is 0.218 e. The van der Waals surface area contributed by atoms with E-state index in [0.717, 1.165) is 49.1 Å². The molecular formula is C18H24N6O. The van der Waals surface area contributed by atoms with Gasteiger partial charge in [-0.05, 0) is 32.6 Å². The summed E-state index contributed by atoms with van der Waals surface area (Å²) in [6, 6.07) is 4.35. The third-order valence-corrected chi connectivity index (χ3v) is 4.82. The Labute approximate surface area is 147 Å². The normalized spacial score (nSPS) is 18.2. The molecule has 1 aliphatic heterocycles. The molecule has 2 aromatic rings. The van der Waals surface area contributed by atoms with Crippen LogP contribution in [0.5, 0.6) is 5.88 Å². The highest BCUT2D eigenvalue weighted by Crippen LogP contribution is 2.38. The van der Waals surface area contributed by atoms with Crippen molar-refractivity contribution in [2.45, 2.75) is 44.6 Å². The van der Waals surface area contributed by atoms with Gasteiger partial charge in [0.25, 0.3) is 0 Å². The zero-order chi connectivity index (χ0) is 17.2. The molecule has 0 amide bonds. The fraction of sp³-hybridized carbons (Fsp3) is 0.556. The molecule has 7 nitrogen and oxygen atoms in total. The largest absolute Gasteiger partial charge is 0.481 e. The van der Waals surface area contributed by atoms with Gasteiger partial charge in [0.15, 0.2) is 0 Å². The molecule has 1 aliphatic carbocycles. The van der Waals surface area contributed by atoms with Crippen LogP contribution in [0.15, 0.2) is 18.5 Å². The van der Waals surface area contributed by atoms with Crippen LogP contribution < -0.4 is 15.0 Å². The van der Waals surface area contributed by atoms with Crippen LogP contribution in [0, 0.1) is 6.92 Å². The second kappa shape index (κ2) is 6.82. The van der Waals surface area contributed by atoms with Gasteiger partial charge in [-0.25, -0.2) is 19.9 Å². The lowest BCUT2D eigenvalue weighted by Crippen LogP contribution is -2.39. The van der Waals surface area contributed by atoms with Crippen molar-refractivity contribution < 1.29 is 4.74 Å². The molecule has 1 saturated carbocycles. The van der Waals surface area contributed by atoms with Gasteiger partial charge in [-0.3, -0.25) is 0 Å². The summed E-state index contributed by atoms with van der Waals surface area (Å²) in [5, 5.41) is 3.49. The minimum absolute atomic E-state index is 0.404. The summed E-state index contributed by atoms with van der Waals surface area (Å²) in [4.78, 5) is 20.1. The van der Waals surface area contributed by atoms with Crippen molar-refractivity contribution in [2.24, 2.45) is 0 Å². The Hall–Kier alpha value is -2.44. The molecule has 0 unspecified atom stereocenters. The molecule has 2 aliphatic rings. The summed E-state index contributed by atoms with van der Waals surface area (Å²) in [6.07, 6.45) is 6.09. The molecule has 3 heterocycles. The molecule has 0 bridgehead atoms. The Balaban J connectivity index is 1.38. The van der Waals surface area contributed by atoms with Crippen molar-refractivity contribution >= 4 is 11.6 Å². The average Bonchev–Trinajstić information content (AvgIpc) is 3.47. The Morgan fingerprint density at radius 3 is 2.60 bits per heavy atom. The van der Waals surface area contributed by atoms with Gasteiger partial charge < -0.3 is 15.0 Å². The van der Waals surface area contributed by atoms with E-state index < -0.39 is 0 Å². The van der Waals surface area contributed by atoms with Gasteiger partial charge in [-0.15, -0.1) is 0 Å². The van der Waals surface area contributed by atoms with Crippen molar-refractivity contribution in [3.63, 3.8) is 0 Å². The maximum atomic E-state index is 5.15. The molecule has 1 saturated heterocycles. The second-order valence-electron chi connectivity index (χ2n) is 6.85. The molecule has 0 radical (unpaired) electrons. The first kappa shape index (κ1) is 16.1. The lowest BCUT2D eigenvalue weighted by Gasteiger charge is -2.33. The van der Waals surface area contributed by atoms with Crippen molar-refractivity contribution in [3.05, 3.63) is 30.0 Å². The van der Waals surface area contributed by atoms with E-state index in [2.05, 4.69) is 38.2 Å². The third-order valence-electron chi connectivity index (χ3n) is 4.82. The van der Waals surface area contributed by atoms with Gasteiger partial charge >= 0.3 is 0 Å². The molecule has 0 atom stereocenters. The van der Waals surface area contributed by atoms with Crippen LogP contribution in [0.2, 0.25) is 0 Å². The number of methoxy groups -OCH3 is 1. The quantitative estimate of drug-likeness (QED) is 0.896. The zero-order valence-corrected chi connectivity index (χ0v) is 14.8. The van der Waals surface area contributed by atoms with E-state index in [1.165, 1.54) is 19.2 Å². The van der Waals surface area contributed by atoms with Crippen molar-refractivity contribution in [1.82, 2.24) is 19.9 Å². The van der Waals surface area contributed by atoms with Crippen LogP contribution in [0.1, 0.15) is 43.1 Å². The molecule has 7 heteroatoms. The van der Waals surface area contributed by atoms with E-state index in [1.807, 2.05) is 6.07 Å². The standard InChI is InChI=1S/C18H24N6O/c1-12-9-16(23-18(21-12)13-3-4-13)24-7-5-14(6-8-24)22-15-10-17(25-2)20-11-19-15/h9-11,13-14H,3-8H2,1-2H3,(H,19,20,22). The number of aryl methyl sites for hydroxylation is 1. The lowest BCUT2D eigenvalue weighted by atomic mass is 10.0. The van der Waals surface area contributed by atoms with Crippen LogP contribution in [0.25, 0.3) is 0 Å². The minimum atomic E-state index is 0.404. The molecule has 1 N–H and O–H groups in total. The zero-order valence-electron chi connectivity index (χ0n) is 14.8. The monoisotopic (exact) mass is 340 g/mol. The Kier molecular flexibility index (Phi) is 4.38. The fourth-order valence-corrected chi connectivity index (χ4v) is 3.25. The van der Waals surface area contributed by atoms with E-state index in [9.17, 15) is 0 Å². The topological polar surface area (TPSA) is 76.1 Å². The minimum Gasteiger partial charge on any atom is -0.481 e. The van der Waals surface area contributed by atoms with E-state index in [4.69, 9.17) is 9.72 Å². The molecule has 4 rings (SSSR count). The molecule has 132 valence electrons. The third kappa shape index (κ3) is 3.81. The van der Waals surface area contributed by atoms with Crippen LogP contribution in [0.4, 0.5) is 11.6 Å². The Morgan fingerprint density at radius 1 is 1.08 bits per heavy atom. The molecule has 2 aromatic heterocycles. The van der Waals surface area contributed by atoms with Crippen molar-refractivity contribution in [3.8, 4) is 5.88 Å². The molecule has 0 aromatic carbocycles. The number of ether oxygens (including phenoxy) is 1. The maximum absolute atomic E-state index is 5.15. The summed E-state index contributed by atoms with van der Waals surface area (Å²) in [5.74, 6) is 4.10. The van der Waals surface area contributed by atoms with Gasteiger partial charge in [0.1, 0.15) is 23.8 Å². The number of anilines is 2. The number of hydrogen-bond donors (Lipinski definition) is 1. The highest BCUT2D eigenvalue weighted by Gasteiger charge is 2.28. The number of rotatable bonds is 5. The maximum Gasteiger partial charge on any atom is 0.218 e. The molecule has 25 heavy (non-hydrogen) atoms. The first-order chi connectivity index (χ1) is 12.2. The number of aromatic nitrogens is 4. The number of hydrogen-bond acceptors (Lipinski definition) is 7. The highest BCUT2D eigenvalue weighted by molar-refractivity contribution is 5.42. The van der Waals surface area contributed by atoms with Crippen molar-refractivity contribution in [1.29, 1.82) is 0 Å². The summed E-state index contributed by atoms with van der Waals surface area (Å²) in [5.41, 5.74) is 1.07. The van der Waals surface area contributed by atoms with Gasteiger partial charge in [0.05, 0.1) is 7.11 Å². The highest BCUT2D eigenvalue weighted by atomic mass is 16.5. The van der Waals surface area contributed by atoms with E-state index in [-0.39, 0.29) is 0 Å². The van der Waals surface area contributed by atoms with Gasteiger partial charge in [0, 0.05) is 42.9 Å². The first-order valence-electron chi connectivity index (χ1n) is 8.94. The number of piperidine rings is 1. The van der Waals surface area contributed by atoms with Crippen molar-refractivity contribution in [2.75, 3.05) is 30.4 Å².